The highest BCUT2D eigenvalue weighted by Gasteiger charge is 1.99. The molecule has 0 unspecified atom stereocenters. The van der Waals surface area contributed by atoms with Crippen LogP contribution in [0, 0.1) is 0 Å². The van der Waals surface area contributed by atoms with Gasteiger partial charge in [0.25, 0.3) is 0 Å². The van der Waals surface area contributed by atoms with Gasteiger partial charge in [-0.05, 0) is 46.6 Å². The first-order chi connectivity index (χ1) is 8.29. The molecular weight excluding hydrogens is 278 g/mol. The second-order valence-corrected chi connectivity index (χ2v) is 4.86. The van der Waals surface area contributed by atoms with Crippen LogP contribution in [0.25, 0.3) is 5.69 Å². The van der Waals surface area contributed by atoms with Crippen molar-refractivity contribution in [1.29, 1.82) is 0 Å². The molecule has 0 aliphatic carbocycles. The van der Waals surface area contributed by atoms with Gasteiger partial charge in [-0.2, -0.15) is 5.10 Å². The van der Waals surface area contributed by atoms with E-state index in [9.17, 15) is 0 Å². The third kappa shape index (κ3) is 3.41. The van der Waals surface area contributed by atoms with Crippen molar-refractivity contribution in [1.82, 2.24) is 15.1 Å². The summed E-state index contributed by atoms with van der Waals surface area (Å²) in [6, 6.07) is 8.44. The Labute approximate surface area is 110 Å². The topological polar surface area (TPSA) is 29.9 Å². The van der Waals surface area contributed by atoms with E-state index in [0.29, 0.717) is 0 Å². The number of hydrogen-bond acceptors (Lipinski definition) is 2. The SMILES string of the molecule is CCCNCc1ccc(-n2cc(Br)cn2)cc1. The van der Waals surface area contributed by atoms with Gasteiger partial charge in [0.15, 0.2) is 0 Å². The summed E-state index contributed by atoms with van der Waals surface area (Å²) in [6.45, 7) is 4.16. The molecule has 2 aromatic rings. The monoisotopic (exact) mass is 293 g/mol. The molecule has 0 amide bonds. The maximum absolute atomic E-state index is 4.25. The first-order valence-corrected chi connectivity index (χ1v) is 6.59. The van der Waals surface area contributed by atoms with Crippen LogP contribution in [-0.4, -0.2) is 16.3 Å². The second-order valence-electron chi connectivity index (χ2n) is 3.95. The lowest BCUT2D eigenvalue weighted by Gasteiger charge is -2.05. The first kappa shape index (κ1) is 12.3. The molecule has 0 saturated heterocycles. The van der Waals surface area contributed by atoms with Crippen LogP contribution in [0.1, 0.15) is 18.9 Å². The van der Waals surface area contributed by atoms with Crippen LogP contribution >= 0.6 is 15.9 Å². The van der Waals surface area contributed by atoms with Crippen LogP contribution in [0.5, 0.6) is 0 Å². The minimum atomic E-state index is 0.928. The Hall–Kier alpha value is -1.13. The Bertz CT molecular complexity index is 462. The normalized spacial score (nSPS) is 10.7. The summed E-state index contributed by atoms with van der Waals surface area (Å²) in [5, 5.41) is 7.63. The molecule has 1 aromatic heterocycles. The summed E-state index contributed by atoms with van der Waals surface area (Å²) < 4.78 is 2.85. The molecule has 1 N–H and O–H groups in total. The van der Waals surface area contributed by atoms with Crippen LogP contribution in [0.3, 0.4) is 0 Å². The lowest BCUT2D eigenvalue weighted by molar-refractivity contribution is 0.675. The van der Waals surface area contributed by atoms with Gasteiger partial charge in [-0.3, -0.25) is 0 Å². The number of rotatable bonds is 5. The zero-order valence-electron chi connectivity index (χ0n) is 9.86. The van der Waals surface area contributed by atoms with Crippen molar-refractivity contribution in [2.45, 2.75) is 19.9 Å². The van der Waals surface area contributed by atoms with Crippen LogP contribution in [-0.2, 0) is 6.54 Å². The van der Waals surface area contributed by atoms with E-state index in [1.54, 1.807) is 6.20 Å². The van der Waals surface area contributed by atoms with E-state index in [4.69, 9.17) is 0 Å². The van der Waals surface area contributed by atoms with E-state index in [1.807, 2.05) is 10.9 Å². The van der Waals surface area contributed by atoms with Crippen molar-refractivity contribution in [2.24, 2.45) is 0 Å². The third-order valence-electron chi connectivity index (χ3n) is 2.51. The quantitative estimate of drug-likeness (QED) is 0.859. The van der Waals surface area contributed by atoms with Crippen molar-refractivity contribution in [3.05, 3.63) is 46.7 Å². The van der Waals surface area contributed by atoms with Crippen molar-refractivity contribution in [3.8, 4) is 5.69 Å². The summed E-state index contributed by atoms with van der Waals surface area (Å²) in [5.74, 6) is 0. The van der Waals surface area contributed by atoms with Crippen molar-refractivity contribution in [3.63, 3.8) is 0 Å². The summed E-state index contributed by atoms with van der Waals surface area (Å²) in [6.07, 6.45) is 4.90. The molecule has 2 rings (SSSR count). The predicted octanol–water partition coefficient (Wildman–Crippen LogP) is 3.13. The molecule has 0 atom stereocenters. The van der Waals surface area contributed by atoms with Gasteiger partial charge < -0.3 is 5.32 Å². The largest absolute Gasteiger partial charge is 0.313 e. The maximum Gasteiger partial charge on any atom is 0.0646 e. The minimum Gasteiger partial charge on any atom is -0.313 e. The zero-order chi connectivity index (χ0) is 12.1. The Balaban J connectivity index is 2.02. The Morgan fingerprint density at radius 2 is 2.06 bits per heavy atom. The number of aromatic nitrogens is 2. The maximum atomic E-state index is 4.25. The van der Waals surface area contributed by atoms with Crippen LogP contribution in [0.4, 0.5) is 0 Å². The standard InChI is InChI=1S/C13H16BrN3/c1-2-7-15-8-11-3-5-13(6-4-11)17-10-12(14)9-16-17/h3-6,9-10,15H,2,7-8H2,1H3. The van der Waals surface area contributed by atoms with E-state index in [1.165, 1.54) is 12.0 Å². The van der Waals surface area contributed by atoms with Crippen LogP contribution in [0.2, 0.25) is 0 Å². The van der Waals surface area contributed by atoms with E-state index in [-0.39, 0.29) is 0 Å². The fourth-order valence-corrected chi connectivity index (χ4v) is 1.90. The molecule has 4 heteroatoms. The molecule has 1 aromatic carbocycles. The molecule has 1 heterocycles. The fourth-order valence-electron chi connectivity index (χ4n) is 1.62. The first-order valence-electron chi connectivity index (χ1n) is 5.80. The summed E-state index contributed by atoms with van der Waals surface area (Å²) in [4.78, 5) is 0. The second kappa shape index (κ2) is 5.98. The molecule has 90 valence electrons. The van der Waals surface area contributed by atoms with E-state index < -0.39 is 0 Å². The Morgan fingerprint density at radius 3 is 2.65 bits per heavy atom. The van der Waals surface area contributed by atoms with Gasteiger partial charge in [0, 0.05) is 12.7 Å². The molecule has 3 nitrogen and oxygen atoms in total. The molecule has 0 aliphatic rings. The van der Waals surface area contributed by atoms with Gasteiger partial charge >= 0.3 is 0 Å². The van der Waals surface area contributed by atoms with E-state index in [2.05, 4.69) is 57.5 Å². The molecule has 0 radical (unpaired) electrons. The number of halogens is 1. The summed E-state index contributed by atoms with van der Waals surface area (Å²) >= 11 is 3.39. The van der Waals surface area contributed by atoms with Crippen molar-refractivity contribution in [2.75, 3.05) is 6.54 Å². The Morgan fingerprint density at radius 1 is 1.29 bits per heavy atom. The highest BCUT2D eigenvalue weighted by atomic mass is 79.9. The number of benzene rings is 1. The van der Waals surface area contributed by atoms with Gasteiger partial charge in [-0.15, -0.1) is 0 Å². The van der Waals surface area contributed by atoms with Crippen LogP contribution < -0.4 is 5.32 Å². The van der Waals surface area contributed by atoms with Gasteiger partial charge in [0.05, 0.1) is 16.4 Å². The van der Waals surface area contributed by atoms with Crippen molar-refractivity contribution >= 4 is 15.9 Å². The molecule has 0 fully saturated rings. The lowest BCUT2D eigenvalue weighted by Crippen LogP contribution is -2.13. The van der Waals surface area contributed by atoms with Gasteiger partial charge in [-0.1, -0.05) is 19.1 Å². The third-order valence-corrected chi connectivity index (χ3v) is 2.92. The number of hydrogen-bond donors (Lipinski definition) is 1. The van der Waals surface area contributed by atoms with E-state index in [0.717, 1.165) is 23.2 Å². The van der Waals surface area contributed by atoms with Crippen molar-refractivity contribution < 1.29 is 0 Å². The Kier molecular flexibility index (Phi) is 4.34. The minimum absolute atomic E-state index is 0.928. The van der Waals surface area contributed by atoms with Gasteiger partial charge in [-0.25, -0.2) is 4.68 Å². The van der Waals surface area contributed by atoms with Gasteiger partial charge in [0.1, 0.15) is 0 Å². The molecule has 0 spiro atoms. The average molecular weight is 294 g/mol. The number of nitrogens with zero attached hydrogens (tertiary/aromatic N) is 2. The predicted molar refractivity (Wildman–Crippen MR) is 73.3 cm³/mol. The van der Waals surface area contributed by atoms with Crippen LogP contribution in [0.15, 0.2) is 41.1 Å². The lowest BCUT2D eigenvalue weighted by atomic mass is 10.2. The molecule has 0 saturated carbocycles. The zero-order valence-corrected chi connectivity index (χ0v) is 11.4. The summed E-state index contributed by atoms with van der Waals surface area (Å²) in [5.41, 5.74) is 2.38. The molecule has 0 aliphatic heterocycles. The summed E-state index contributed by atoms with van der Waals surface area (Å²) in [7, 11) is 0. The van der Waals surface area contributed by atoms with E-state index >= 15 is 0 Å². The van der Waals surface area contributed by atoms with Gasteiger partial charge in [0.2, 0.25) is 0 Å². The average Bonchev–Trinajstić information content (AvgIpc) is 2.77. The molecule has 17 heavy (non-hydrogen) atoms. The molecule has 0 bridgehead atoms. The molecular formula is C13H16BrN3. The highest BCUT2D eigenvalue weighted by Crippen LogP contribution is 2.13. The smallest absolute Gasteiger partial charge is 0.0646 e. The fraction of sp³-hybridized carbons (Fsp3) is 0.308. The highest BCUT2D eigenvalue weighted by molar-refractivity contribution is 9.10. The number of nitrogens with one attached hydrogen (secondary N) is 1.